The first-order valence-electron chi connectivity index (χ1n) is 5.95. The normalized spacial score (nSPS) is 9.95. The van der Waals surface area contributed by atoms with E-state index < -0.39 is 6.03 Å². The second kappa shape index (κ2) is 7.04. The molecule has 2 amide bonds. The van der Waals surface area contributed by atoms with Gasteiger partial charge < -0.3 is 10.4 Å². The van der Waals surface area contributed by atoms with Crippen molar-refractivity contribution in [3.05, 3.63) is 39.9 Å². The molecule has 6 nitrogen and oxygen atoms in total. The minimum atomic E-state index is -0.458. The number of aromatic nitrogens is 1. The number of hydrogen-bond donors (Lipinski definition) is 3. The maximum Gasteiger partial charge on any atom is 0.325 e. The summed E-state index contributed by atoms with van der Waals surface area (Å²) >= 11 is 7.18. The molecule has 3 N–H and O–H groups in total. The van der Waals surface area contributed by atoms with E-state index in [0.717, 1.165) is 4.88 Å². The number of aliphatic hydroxyl groups excluding tert-OH is 1. The van der Waals surface area contributed by atoms with Crippen LogP contribution in [0.15, 0.2) is 24.4 Å². The first-order chi connectivity index (χ1) is 10.1. The SMILES string of the molecule is N#Cc1ccc(NC(=O)Nc2ncc(CCO)s2)cc1Cl. The number of rotatable bonds is 4. The molecule has 0 spiro atoms. The standard InChI is InChI=1S/C13H11ClN4O2S/c14-11-5-9(2-1-8(11)6-15)17-12(20)18-13-16-7-10(21-13)3-4-19/h1-2,5,7,19H,3-4H2,(H2,16,17,18,20). The Labute approximate surface area is 130 Å². The molecule has 0 unspecified atom stereocenters. The molecule has 8 heteroatoms. The maximum absolute atomic E-state index is 11.8. The summed E-state index contributed by atoms with van der Waals surface area (Å²) in [6.07, 6.45) is 2.11. The van der Waals surface area contributed by atoms with Crippen molar-refractivity contribution in [1.29, 1.82) is 5.26 Å². The summed E-state index contributed by atoms with van der Waals surface area (Å²) in [6, 6.07) is 6.10. The average molecular weight is 323 g/mol. The summed E-state index contributed by atoms with van der Waals surface area (Å²) in [7, 11) is 0. The van der Waals surface area contributed by atoms with Gasteiger partial charge in [-0.3, -0.25) is 5.32 Å². The van der Waals surface area contributed by atoms with E-state index in [0.29, 0.717) is 22.8 Å². The molecule has 0 bridgehead atoms. The van der Waals surface area contributed by atoms with E-state index in [1.807, 2.05) is 6.07 Å². The zero-order valence-electron chi connectivity index (χ0n) is 10.8. The van der Waals surface area contributed by atoms with Crippen LogP contribution in [0, 0.1) is 11.3 Å². The van der Waals surface area contributed by atoms with Crippen molar-refractivity contribution < 1.29 is 9.90 Å². The molecule has 1 heterocycles. The second-order valence-electron chi connectivity index (χ2n) is 3.99. The Balaban J connectivity index is 1.98. The Kier molecular flexibility index (Phi) is 5.11. The third kappa shape index (κ3) is 4.16. The quantitative estimate of drug-likeness (QED) is 0.806. The number of aliphatic hydroxyl groups is 1. The zero-order valence-corrected chi connectivity index (χ0v) is 12.3. The Hall–Kier alpha value is -2.14. The molecule has 0 fully saturated rings. The van der Waals surface area contributed by atoms with Gasteiger partial charge in [0.25, 0.3) is 0 Å². The van der Waals surface area contributed by atoms with Crippen LogP contribution in [0.3, 0.4) is 0 Å². The van der Waals surface area contributed by atoms with E-state index in [2.05, 4.69) is 15.6 Å². The summed E-state index contributed by atoms with van der Waals surface area (Å²) in [5, 5.41) is 23.5. The lowest BCUT2D eigenvalue weighted by Crippen LogP contribution is -2.19. The van der Waals surface area contributed by atoms with Crippen LogP contribution < -0.4 is 10.6 Å². The molecule has 2 aromatic rings. The molecule has 108 valence electrons. The smallest absolute Gasteiger partial charge is 0.325 e. The van der Waals surface area contributed by atoms with Gasteiger partial charge >= 0.3 is 6.03 Å². The van der Waals surface area contributed by atoms with Crippen molar-refractivity contribution >= 4 is 39.8 Å². The monoisotopic (exact) mass is 322 g/mol. The molecule has 1 aromatic carbocycles. The molecule has 1 aromatic heterocycles. The van der Waals surface area contributed by atoms with Gasteiger partial charge in [0.1, 0.15) is 6.07 Å². The van der Waals surface area contributed by atoms with Crippen molar-refractivity contribution in [2.24, 2.45) is 0 Å². The van der Waals surface area contributed by atoms with Gasteiger partial charge in [-0.15, -0.1) is 11.3 Å². The van der Waals surface area contributed by atoms with Gasteiger partial charge in [-0.1, -0.05) is 11.6 Å². The zero-order chi connectivity index (χ0) is 15.2. The average Bonchev–Trinajstić information content (AvgIpc) is 2.86. The fourth-order valence-corrected chi connectivity index (χ4v) is 2.55. The second-order valence-corrected chi connectivity index (χ2v) is 5.51. The summed E-state index contributed by atoms with van der Waals surface area (Å²) in [5.41, 5.74) is 0.819. The van der Waals surface area contributed by atoms with E-state index in [4.69, 9.17) is 22.0 Å². The first-order valence-corrected chi connectivity index (χ1v) is 7.15. The number of carbonyl (C=O) groups excluding carboxylic acids is 1. The number of benzene rings is 1. The number of nitrogens with one attached hydrogen (secondary N) is 2. The molecule has 0 radical (unpaired) electrons. The van der Waals surface area contributed by atoms with E-state index in [1.54, 1.807) is 12.3 Å². The lowest BCUT2D eigenvalue weighted by molar-refractivity contribution is 0.262. The van der Waals surface area contributed by atoms with Gasteiger partial charge in [-0.25, -0.2) is 9.78 Å². The number of urea groups is 1. The van der Waals surface area contributed by atoms with Gasteiger partial charge in [0.2, 0.25) is 0 Å². The lowest BCUT2D eigenvalue weighted by atomic mass is 10.2. The Morgan fingerprint density at radius 2 is 2.29 bits per heavy atom. The van der Waals surface area contributed by atoms with E-state index in [1.165, 1.54) is 23.5 Å². The molecule has 0 aliphatic rings. The van der Waals surface area contributed by atoms with Crippen LogP contribution in [0.1, 0.15) is 10.4 Å². The number of nitriles is 1. The van der Waals surface area contributed by atoms with Gasteiger partial charge in [-0.05, 0) is 18.2 Å². The minimum absolute atomic E-state index is 0.0393. The van der Waals surface area contributed by atoms with Crippen LogP contribution >= 0.6 is 22.9 Å². The van der Waals surface area contributed by atoms with Crippen molar-refractivity contribution in [2.75, 3.05) is 17.2 Å². The number of hydrogen-bond acceptors (Lipinski definition) is 5. The van der Waals surface area contributed by atoms with Crippen LogP contribution in [-0.2, 0) is 6.42 Å². The summed E-state index contributed by atoms with van der Waals surface area (Å²) in [4.78, 5) is 16.7. The highest BCUT2D eigenvalue weighted by Gasteiger charge is 2.08. The maximum atomic E-state index is 11.8. The van der Waals surface area contributed by atoms with Crippen LogP contribution in [-0.4, -0.2) is 22.7 Å². The fourth-order valence-electron chi connectivity index (χ4n) is 1.53. The van der Waals surface area contributed by atoms with Gasteiger partial charge in [0, 0.05) is 29.8 Å². The number of carbonyl (C=O) groups is 1. The summed E-state index contributed by atoms with van der Waals surface area (Å²) in [6.45, 7) is 0.0393. The van der Waals surface area contributed by atoms with Crippen LogP contribution in [0.5, 0.6) is 0 Å². The number of nitrogens with zero attached hydrogens (tertiary/aromatic N) is 2. The largest absolute Gasteiger partial charge is 0.396 e. The van der Waals surface area contributed by atoms with E-state index in [-0.39, 0.29) is 11.6 Å². The Morgan fingerprint density at radius 1 is 1.48 bits per heavy atom. The number of amides is 2. The minimum Gasteiger partial charge on any atom is -0.396 e. The molecular formula is C13H11ClN4O2S. The predicted molar refractivity (Wildman–Crippen MR) is 81.7 cm³/mol. The molecule has 21 heavy (non-hydrogen) atoms. The van der Waals surface area contributed by atoms with Gasteiger partial charge in [0.05, 0.1) is 10.6 Å². The molecule has 0 saturated heterocycles. The lowest BCUT2D eigenvalue weighted by Gasteiger charge is -2.06. The van der Waals surface area contributed by atoms with Crippen molar-refractivity contribution in [2.45, 2.75) is 6.42 Å². The van der Waals surface area contributed by atoms with Gasteiger partial charge in [-0.2, -0.15) is 5.26 Å². The summed E-state index contributed by atoms with van der Waals surface area (Å²) in [5.74, 6) is 0. The third-order valence-corrected chi connectivity index (χ3v) is 3.76. The van der Waals surface area contributed by atoms with Crippen LogP contribution in [0.2, 0.25) is 5.02 Å². The highest BCUT2D eigenvalue weighted by Crippen LogP contribution is 2.21. The molecule has 0 atom stereocenters. The molecule has 0 aliphatic carbocycles. The molecule has 0 aliphatic heterocycles. The van der Waals surface area contributed by atoms with Crippen molar-refractivity contribution in [1.82, 2.24) is 4.98 Å². The van der Waals surface area contributed by atoms with Crippen molar-refractivity contribution in [3.8, 4) is 6.07 Å². The van der Waals surface area contributed by atoms with Crippen molar-refractivity contribution in [3.63, 3.8) is 0 Å². The highest BCUT2D eigenvalue weighted by atomic mass is 35.5. The topological polar surface area (TPSA) is 98.0 Å². The van der Waals surface area contributed by atoms with E-state index in [9.17, 15) is 4.79 Å². The molecule has 2 rings (SSSR count). The fraction of sp³-hybridized carbons (Fsp3) is 0.154. The predicted octanol–water partition coefficient (Wildman–Crippen LogP) is 2.85. The number of anilines is 2. The molecular weight excluding hydrogens is 312 g/mol. The summed E-state index contributed by atoms with van der Waals surface area (Å²) < 4.78 is 0. The third-order valence-electron chi connectivity index (χ3n) is 2.48. The Morgan fingerprint density at radius 3 is 2.95 bits per heavy atom. The number of halogens is 1. The van der Waals surface area contributed by atoms with E-state index >= 15 is 0 Å². The van der Waals surface area contributed by atoms with Crippen LogP contribution in [0.4, 0.5) is 15.6 Å². The highest BCUT2D eigenvalue weighted by molar-refractivity contribution is 7.15. The molecule has 0 saturated carbocycles. The van der Waals surface area contributed by atoms with Gasteiger partial charge in [0.15, 0.2) is 5.13 Å². The number of thiazole rings is 1. The van der Waals surface area contributed by atoms with Crippen LogP contribution in [0.25, 0.3) is 0 Å². The first kappa shape index (κ1) is 15.3. The Bertz CT molecular complexity index is 696.